The van der Waals surface area contributed by atoms with Crippen LogP contribution in [-0.4, -0.2) is 43.8 Å². The number of halogens is 3. The highest BCUT2D eigenvalue weighted by Crippen LogP contribution is 2.27. The number of rotatable bonds is 11. The fourth-order valence-corrected chi connectivity index (χ4v) is 4.22. The number of hydrogen-bond donors (Lipinski definition) is 2. The smallest absolute Gasteiger partial charge is 0.271 e. The molecule has 0 aliphatic carbocycles. The lowest BCUT2D eigenvalue weighted by atomic mass is 10.2. The Morgan fingerprint density at radius 1 is 1.11 bits per heavy atom. The number of nitro benzene ring substituents is 1. The molecule has 3 rings (SSSR count). The summed E-state index contributed by atoms with van der Waals surface area (Å²) in [5.74, 6) is -0.183. The van der Waals surface area contributed by atoms with E-state index in [1.807, 2.05) is 0 Å². The first kappa shape index (κ1) is 27.5. The van der Waals surface area contributed by atoms with E-state index in [2.05, 4.69) is 27.4 Å². The Morgan fingerprint density at radius 3 is 2.56 bits per heavy atom. The van der Waals surface area contributed by atoms with Crippen LogP contribution < -0.4 is 10.6 Å². The normalized spacial score (nSPS) is 10.6. The van der Waals surface area contributed by atoms with Gasteiger partial charge in [-0.2, -0.15) is 0 Å². The summed E-state index contributed by atoms with van der Waals surface area (Å²) in [4.78, 5) is 35.2. The van der Waals surface area contributed by atoms with Crippen LogP contribution in [-0.2, 0) is 17.8 Å². The maximum atomic E-state index is 12.4. The third kappa shape index (κ3) is 7.20. The van der Waals surface area contributed by atoms with Crippen LogP contribution in [0, 0.1) is 10.1 Å². The summed E-state index contributed by atoms with van der Waals surface area (Å²) < 4.78 is 1.77. The molecule has 1 aromatic heterocycles. The Hall–Kier alpha value is -3.12. The van der Waals surface area contributed by atoms with Crippen molar-refractivity contribution >= 4 is 69.8 Å². The minimum Gasteiger partial charge on any atom is -0.352 e. The van der Waals surface area contributed by atoms with E-state index in [4.69, 9.17) is 34.8 Å². The first-order valence-corrected chi connectivity index (χ1v) is 12.4. The van der Waals surface area contributed by atoms with Crippen LogP contribution >= 0.6 is 46.6 Å². The van der Waals surface area contributed by atoms with Gasteiger partial charge in [-0.25, -0.2) is 0 Å². The second-order valence-electron chi connectivity index (χ2n) is 7.19. The van der Waals surface area contributed by atoms with E-state index in [1.165, 1.54) is 24.3 Å². The monoisotopic (exact) mass is 568 g/mol. The molecule has 0 aliphatic rings. The predicted octanol–water partition coefficient (Wildman–Crippen LogP) is 5.04. The standard InChI is InChI=1S/C22H19Cl3N6O4S/c1-2-9-30-19(7-8-26-21(33)13-3-5-15(23)17(25)10-13)28-29-22(30)36-12-20(32)27-18-11-14(31(34)35)4-6-16(18)24/h2-6,10-11H,1,7-9,12H2,(H,26,33)(H,27,32). The molecule has 0 spiro atoms. The highest BCUT2D eigenvalue weighted by atomic mass is 35.5. The van der Waals surface area contributed by atoms with Crippen molar-refractivity contribution in [3.8, 4) is 0 Å². The van der Waals surface area contributed by atoms with Crippen molar-refractivity contribution in [2.45, 2.75) is 18.1 Å². The third-order valence-corrected chi connectivity index (χ3v) is 6.72. The van der Waals surface area contributed by atoms with Gasteiger partial charge in [0.2, 0.25) is 5.91 Å². The third-order valence-electron chi connectivity index (χ3n) is 4.69. The predicted molar refractivity (Wildman–Crippen MR) is 140 cm³/mol. The molecule has 0 saturated heterocycles. The topological polar surface area (TPSA) is 132 Å². The molecule has 0 bridgehead atoms. The number of amides is 2. The number of hydrogen-bond acceptors (Lipinski definition) is 7. The van der Waals surface area contributed by atoms with Gasteiger partial charge in [-0.05, 0) is 24.3 Å². The minimum atomic E-state index is -0.576. The number of non-ortho nitro benzene ring substituents is 1. The first-order valence-electron chi connectivity index (χ1n) is 10.3. The van der Waals surface area contributed by atoms with Crippen molar-refractivity contribution in [2.24, 2.45) is 0 Å². The molecule has 1 heterocycles. The van der Waals surface area contributed by atoms with Gasteiger partial charge in [0.25, 0.3) is 11.6 Å². The van der Waals surface area contributed by atoms with Crippen molar-refractivity contribution in [1.82, 2.24) is 20.1 Å². The number of nitrogens with one attached hydrogen (secondary N) is 2. The number of anilines is 1. The van der Waals surface area contributed by atoms with Gasteiger partial charge in [0.15, 0.2) is 5.16 Å². The van der Waals surface area contributed by atoms with Crippen LogP contribution in [0.15, 0.2) is 54.2 Å². The average molecular weight is 570 g/mol. The molecule has 0 unspecified atom stereocenters. The molecule has 0 aliphatic heterocycles. The fraction of sp³-hybridized carbons (Fsp3) is 0.182. The van der Waals surface area contributed by atoms with Crippen molar-refractivity contribution in [3.05, 3.63) is 85.6 Å². The van der Waals surface area contributed by atoms with E-state index in [0.717, 1.165) is 11.8 Å². The Kier molecular flexibility index (Phi) is 9.71. The summed E-state index contributed by atoms with van der Waals surface area (Å²) in [7, 11) is 0. The number of thioether (sulfide) groups is 1. The molecule has 3 aromatic rings. The molecule has 14 heteroatoms. The molecular weight excluding hydrogens is 551 g/mol. The Morgan fingerprint density at radius 2 is 1.86 bits per heavy atom. The van der Waals surface area contributed by atoms with Crippen molar-refractivity contribution in [3.63, 3.8) is 0 Å². The van der Waals surface area contributed by atoms with Gasteiger partial charge in [0, 0.05) is 37.2 Å². The molecule has 188 valence electrons. The summed E-state index contributed by atoms with van der Waals surface area (Å²) in [6.07, 6.45) is 2.04. The first-order chi connectivity index (χ1) is 17.2. The van der Waals surface area contributed by atoms with Gasteiger partial charge in [0.05, 0.1) is 31.4 Å². The minimum absolute atomic E-state index is 0.0393. The van der Waals surface area contributed by atoms with Crippen molar-refractivity contribution < 1.29 is 14.5 Å². The molecule has 10 nitrogen and oxygen atoms in total. The number of carbonyl (C=O) groups excluding carboxylic acids is 2. The Bertz CT molecular complexity index is 1320. The molecular formula is C22H19Cl3N6O4S. The van der Waals surface area contributed by atoms with Gasteiger partial charge in [0.1, 0.15) is 5.82 Å². The molecule has 0 fully saturated rings. The number of aromatic nitrogens is 3. The summed E-state index contributed by atoms with van der Waals surface area (Å²) in [5, 5.41) is 25.9. The zero-order valence-corrected chi connectivity index (χ0v) is 21.6. The number of nitrogens with zero attached hydrogens (tertiary/aromatic N) is 4. The number of nitro groups is 1. The van der Waals surface area contributed by atoms with Gasteiger partial charge in [-0.3, -0.25) is 19.7 Å². The van der Waals surface area contributed by atoms with Crippen LogP contribution in [0.3, 0.4) is 0 Å². The van der Waals surface area contributed by atoms with Crippen LogP contribution in [0.4, 0.5) is 11.4 Å². The Labute approximate surface area is 225 Å². The lowest BCUT2D eigenvalue weighted by Crippen LogP contribution is -2.26. The second-order valence-corrected chi connectivity index (χ2v) is 9.36. The van der Waals surface area contributed by atoms with Gasteiger partial charge < -0.3 is 15.2 Å². The summed E-state index contributed by atoms with van der Waals surface area (Å²) in [6.45, 7) is 4.41. The number of allylic oxidation sites excluding steroid dienone is 1. The molecule has 2 aromatic carbocycles. The Balaban J connectivity index is 1.59. The van der Waals surface area contributed by atoms with Crippen LogP contribution in [0.1, 0.15) is 16.2 Å². The molecule has 0 radical (unpaired) electrons. The van der Waals surface area contributed by atoms with Crippen molar-refractivity contribution in [1.29, 1.82) is 0 Å². The van der Waals surface area contributed by atoms with E-state index >= 15 is 0 Å². The maximum absolute atomic E-state index is 12.4. The zero-order valence-electron chi connectivity index (χ0n) is 18.5. The molecule has 0 atom stereocenters. The molecule has 36 heavy (non-hydrogen) atoms. The van der Waals surface area contributed by atoms with Gasteiger partial charge >= 0.3 is 0 Å². The molecule has 0 saturated carbocycles. The van der Waals surface area contributed by atoms with E-state index in [9.17, 15) is 19.7 Å². The average Bonchev–Trinajstić information content (AvgIpc) is 3.22. The zero-order chi connectivity index (χ0) is 26.2. The van der Waals surface area contributed by atoms with Crippen molar-refractivity contribution in [2.75, 3.05) is 17.6 Å². The van der Waals surface area contributed by atoms with E-state index in [1.54, 1.807) is 22.8 Å². The van der Waals surface area contributed by atoms with Gasteiger partial charge in [-0.1, -0.05) is 52.6 Å². The lowest BCUT2D eigenvalue weighted by Gasteiger charge is -2.09. The van der Waals surface area contributed by atoms with Crippen LogP contribution in [0.2, 0.25) is 15.1 Å². The van der Waals surface area contributed by atoms with Crippen LogP contribution in [0.5, 0.6) is 0 Å². The highest BCUT2D eigenvalue weighted by Gasteiger charge is 2.16. The second kappa shape index (κ2) is 12.7. The maximum Gasteiger partial charge on any atom is 0.271 e. The molecule has 2 N–H and O–H groups in total. The number of carbonyl (C=O) groups is 2. The number of benzene rings is 2. The van der Waals surface area contributed by atoms with Gasteiger partial charge in [-0.15, -0.1) is 16.8 Å². The SMILES string of the molecule is C=CCn1c(CCNC(=O)c2ccc(Cl)c(Cl)c2)nnc1SCC(=O)Nc1cc([N+](=O)[O-])ccc1Cl. The summed E-state index contributed by atoms with van der Waals surface area (Å²) in [6, 6.07) is 8.39. The highest BCUT2D eigenvalue weighted by molar-refractivity contribution is 7.99. The van der Waals surface area contributed by atoms with E-state index < -0.39 is 10.8 Å². The summed E-state index contributed by atoms with van der Waals surface area (Å²) in [5.41, 5.74) is 0.328. The van der Waals surface area contributed by atoms with E-state index in [-0.39, 0.29) is 39.6 Å². The quantitative estimate of drug-likeness (QED) is 0.143. The van der Waals surface area contributed by atoms with Crippen LogP contribution in [0.25, 0.3) is 0 Å². The lowest BCUT2D eigenvalue weighted by molar-refractivity contribution is -0.384. The molecule has 2 amide bonds. The largest absolute Gasteiger partial charge is 0.352 e. The fourth-order valence-electron chi connectivity index (χ4n) is 2.99. The summed E-state index contributed by atoms with van der Waals surface area (Å²) >= 11 is 19.0. The van der Waals surface area contributed by atoms with E-state index in [0.29, 0.717) is 34.5 Å².